The van der Waals surface area contributed by atoms with E-state index in [0.29, 0.717) is 14.8 Å². The molecule has 1 heterocycles. The maximum Gasteiger partial charge on any atom is 0.276 e. The fourth-order valence-electron chi connectivity index (χ4n) is 2.57. The summed E-state index contributed by atoms with van der Waals surface area (Å²) >= 11 is 6.53. The Morgan fingerprint density at radius 1 is 1.16 bits per heavy atom. The Hall–Kier alpha value is -2.51. The quantitative estimate of drug-likeness (QED) is 0.341. The first-order valence-corrected chi connectivity index (χ1v) is 8.70. The topological polar surface area (TPSA) is 63.5 Å². The van der Waals surface area contributed by atoms with E-state index < -0.39 is 4.92 Å². The van der Waals surface area contributed by atoms with Crippen LogP contribution in [0.1, 0.15) is 16.7 Å². The normalized spacial score (nSPS) is 15.9. The summed E-state index contributed by atoms with van der Waals surface area (Å²) in [5.74, 6) is -0.262. The lowest BCUT2D eigenvalue weighted by Gasteiger charge is -2.18. The van der Waals surface area contributed by atoms with E-state index in [0.717, 1.165) is 28.6 Å². The zero-order chi connectivity index (χ0) is 18.1. The lowest BCUT2D eigenvalue weighted by molar-refractivity contribution is -0.385. The third kappa shape index (κ3) is 3.20. The number of carbonyl (C=O) groups is 1. The number of rotatable bonds is 3. The third-order valence-electron chi connectivity index (χ3n) is 4.03. The molecular weight excluding hydrogens is 356 g/mol. The van der Waals surface area contributed by atoms with Gasteiger partial charge in [-0.25, -0.2) is 0 Å². The predicted octanol–water partition coefficient (Wildman–Crippen LogP) is 4.62. The molecule has 2 aromatic carbocycles. The molecule has 0 aromatic heterocycles. The van der Waals surface area contributed by atoms with Crippen LogP contribution in [-0.4, -0.2) is 15.2 Å². The number of benzene rings is 2. The van der Waals surface area contributed by atoms with Crippen molar-refractivity contribution in [3.05, 3.63) is 74.2 Å². The number of nitro benzene ring substituents is 1. The molecule has 0 aliphatic carbocycles. The van der Waals surface area contributed by atoms with Crippen molar-refractivity contribution in [1.82, 2.24) is 0 Å². The molecule has 0 bridgehead atoms. The van der Waals surface area contributed by atoms with Gasteiger partial charge in [-0.05, 0) is 43.2 Å². The molecule has 0 saturated carbocycles. The summed E-state index contributed by atoms with van der Waals surface area (Å²) in [6.07, 6.45) is 1.53. The number of carbonyl (C=O) groups excluding carboxylic acids is 1. The number of hydrogen-bond donors (Lipinski definition) is 0. The highest BCUT2D eigenvalue weighted by Gasteiger charge is 2.34. The van der Waals surface area contributed by atoms with E-state index in [4.69, 9.17) is 12.2 Å². The van der Waals surface area contributed by atoms with Gasteiger partial charge in [0.05, 0.1) is 21.1 Å². The highest BCUT2D eigenvalue weighted by molar-refractivity contribution is 8.27. The fourth-order valence-corrected chi connectivity index (χ4v) is 3.85. The Balaban J connectivity index is 2.03. The van der Waals surface area contributed by atoms with E-state index in [-0.39, 0.29) is 11.6 Å². The van der Waals surface area contributed by atoms with Crippen molar-refractivity contribution in [3.63, 3.8) is 0 Å². The third-order valence-corrected chi connectivity index (χ3v) is 5.33. The number of anilines is 1. The van der Waals surface area contributed by atoms with Gasteiger partial charge in [-0.15, -0.1) is 0 Å². The fraction of sp³-hybridized carbons (Fsp3) is 0.111. The number of thioether (sulfide) groups is 1. The Kier molecular flexibility index (Phi) is 4.69. The molecule has 0 spiro atoms. The van der Waals surface area contributed by atoms with E-state index in [1.807, 2.05) is 32.0 Å². The maximum absolute atomic E-state index is 12.8. The van der Waals surface area contributed by atoms with Gasteiger partial charge in [-0.3, -0.25) is 19.8 Å². The smallest absolute Gasteiger partial charge is 0.268 e. The van der Waals surface area contributed by atoms with Crippen LogP contribution >= 0.6 is 24.0 Å². The molecule has 0 unspecified atom stereocenters. The molecule has 1 aliphatic heterocycles. The molecule has 0 atom stereocenters. The Morgan fingerprint density at radius 3 is 2.60 bits per heavy atom. The van der Waals surface area contributed by atoms with Crippen LogP contribution in [0.15, 0.2) is 47.4 Å². The number of thiocarbonyl (C=S) groups is 1. The van der Waals surface area contributed by atoms with Crippen LogP contribution in [0, 0.1) is 24.0 Å². The number of nitro groups is 1. The van der Waals surface area contributed by atoms with Gasteiger partial charge in [0.2, 0.25) is 0 Å². The Morgan fingerprint density at radius 2 is 1.88 bits per heavy atom. The molecule has 3 rings (SSSR count). The Bertz CT molecular complexity index is 938. The minimum absolute atomic E-state index is 0.0421. The van der Waals surface area contributed by atoms with Gasteiger partial charge in [0.15, 0.2) is 4.32 Å². The van der Waals surface area contributed by atoms with Crippen LogP contribution in [0.25, 0.3) is 6.08 Å². The van der Waals surface area contributed by atoms with Crippen molar-refractivity contribution >= 4 is 51.7 Å². The number of aryl methyl sites for hydroxylation is 1. The molecule has 126 valence electrons. The van der Waals surface area contributed by atoms with E-state index in [1.165, 1.54) is 17.0 Å². The summed E-state index contributed by atoms with van der Waals surface area (Å²) in [4.78, 5) is 25.4. The second-order valence-electron chi connectivity index (χ2n) is 5.55. The molecule has 0 radical (unpaired) electrons. The molecule has 7 heteroatoms. The molecular formula is C18H14N2O3S2. The second-order valence-corrected chi connectivity index (χ2v) is 7.23. The molecule has 1 fully saturated rings. The van der Waals surface area contributed by atoms with Crippen molar-refractivity contribution < 1.29 is 9.72 Å². The van der Waals surface area contributed by atoms with E-state index in [1.54, 1.807) is 18.2 Å². The molecule has 1 saturated heterocycles. The molecule has 5 nitrogen and oxygen atoms in total. The molecule has 1 aliphatic rings. The van der Waals surface area contributed by atoms with Crippen molar-refractivity contribution in [1.29, 1.82) is 0 Å². The summed E-state index contributed by atoms with van der Waals surface area (Å²) in [5.41, 5.74) is 3.13. The summed E-state index contributed by atoms with van der Waals surface area (Å²) in [7, 11) is 0. The molecule has 25 heavy (non-hydrogen) atoms. The first kappa shape index (κ1) is 17.3. The van der Waals surface area contributed by atoms with Crippen LogP contribution < -0.4 is 4.90 Å². The van der Waals surface area contributed by atoms with Gasteiger partial charge in [-0.2, -0.15) is 0 Å². The summed E-state index contributed by atoms with van der Waals surface area (Å²) in [6.45, 7) is 3.91. The number of para-hydroxylation sites is 1. The first-order valence-electron chi connectivity index (χ1n) is 7.47. The average molecular weight is 370 g/mol. The second kappa shape index (κ2) is 6.78. The van der Waals surface area contributed by atoms with Gasteiger partial charge >= 0.3 is 0 Å². The zero-order valence-corrected chi connectivity index (χ0v) is 15.2. The van der Waals surface area contributed by atoms with Crippen molar-refractivity contribution in [2.24, 2.45) is 0 Å². The van der Waals surface area contributed by atoms with E-state index in [2.05, 4.69) is 0 Å². The number of nitrogens with zero attached hydrogens (tertiary/aromatic N) is 2. The largest absolute Gasteiger partial charge is 0.276 e. The highest BCUT2D eigenvalue weighted by Crippen LogP contribution is 2.38. The average Bonchev–Trinajstić information content (AvgIpc) is 2.85. The molecule has 0 N–H and O–H groups in total. The van der Waals surface area contributed by atoms with Crippen LogP contribution in [0.4, 0.5) is 11.4 Å². The van der Waals surface area contributed by atoms with Gasteiger partial charge < -0.3 is 0 Å². The monoisotopic (exact) mass is 370 g/mol. The minimum Gasteiger partial charge on any atom is -0.268 e. The minimum atomic E-state index is -0.461. The van der Waals surface area contributed by atoms with Gasteiger partial charge in [-0.1, -0.05) is 48.2 Å². The highest BCUT2D eigenvalue weighted by atomic mass is 32.2. The van der Waals surface area contributed by atoms with E-state index in [9.17, 15) is 14.9 Å². The number of hydrogen-bond acceptors (Lipinski definition) is 5. The lowest BCUT2D eigenvalue weighted by Crippen LogP contribution is -2.28. The van der Waals surface area contributed by atoms with Crippen LogP contribution in [0.2, 0.25) is 0 Å². The number of amides is 1. The van der Waals surface area contributed by atoms with Crippen molar-refractivity contribution in [3.8, 4) is 0 Å². The van der Waals surface area contributed by atoms with Gasteiger partial charge in [0.1, 0.15) is 0 Å². The molecule has 1 amide bonds. The van der Waals surface area contributed by atoms with E-state index >= 15 is 0 Å². The summed E-state index contributed by atoms with van der Waals surface area (Å²) in [5, 5.41) is 11.2. The van der Waals surface area contributed by atoms with Crippen LogP contribution in [-0.2, 0) is 4.79 Å². The SMILES string of the molecule is Cc1cccc(N2C(=O)C(=Cc3ccccc3[N+](=O)[O-])SC2=S)c1C. The van der Waals surface area contributed by atoms with Gasteiger partial charge in [0.25, 0.3) is 11.6 Å². The van der Waals surface area contributed by atoms with Crippen LogP contribution in [0.5, 0.6) is 0 Å². The first-order chi connectivity index (χ1) is 11.9. The maximum atomic E-state index is 12.8. The summed E-state index contributed by atoms with van der Waals surface area (Å²) < 4.78 is 0.420. The predicted molar refractivity (Wildman–Crippen MR) is 105 cm³/mol. The van der Waals surface area contributed by atoms with Crippen molar-refractivity contribution in [2.45, 2.75) is 13.8 Å². The lowest BCUT2D eigenvalue weighted by atomic mass is 10.1. The van der Waals surface area contributed by atoms with Crippen LogP contribution in [0.3, 0.4) is 0 Å². The standard InChI is InChI=1S/C18H14N2O3S2/c1-11-6-5-9-14(12(11)2)19-17(21)16(25-18(19)24)10-13-7-3-4-8-15(13)20(22)23/h3-10H,1-2H3. The van der Waals surface area contributed by atoms with Gasteiger partial charge in [0, 0.05) is 6.07 Å². The van der Waals surface area contributed by atoms with Crippen molar-refractivity contribution in [2.75, 3.05) is 4.90 Å². The summed E-state index contributed by atoms with van der Waals surface area (Å²) in [6, 6.07) is 12.0. The Labute approximate surface area is 154 Å². The molecule has 2 aromatic rings. The zero-order valence-electron chi connectivity index (χ0n) is 13.6.